The normalized spacial score (nSPS) is 28.0. The van der Waals surface area contributed by atoms with E-state index in [9.17, 15) is 9.69 Å². The first kappa shape index (κ1) is 14.5. The number of amides is 2. The molecule has 1 aromatic carbocycles. The zero-order valence-electron chi connectivity index (χ0n) is 11.8. The van der Waals surface area contributed by atoms with Crippen LogP contribution in [0.25, 0.3) is 0 Å². The first-order valence-corrected chi connectivity index (χ1v) is 8.03. The molecule has 0 saturated carbocycles. The van der Waals surface area contributed by atoms with Crippen LogP contribution in [-0.4, -0.2) is 30.1 Å². The monoisotopic (exact) mass is 308 g/mol. The Morgan fingerprint density at radius 3 is 2.43 bits per heavy atom. The Morgan fingerprint density at radius 2 is 1.90 bits per heavy atom. The molecular weight excluding hydrogens is 291 g/mol. The minimum atomic E-state index is -1.86. The predicted octanol–water partition coefficient (Wildman–Crippen LogP) is -0.1000. The van der Waals surface area contributed by atoms with Gasteiger partial charge in [-0.1, -0.05) is 0 Å². The number of nitrogens with one attached hydrogen (secondary N) is 1. The highest BCUT2D eigenvalue weighted by atomic mass is 31.1. The molecular formula is C14H17N2O4P. The molecule has 0 aliphatic carbocycles. The summed E-state index contributed by atoms with van der Waals surface area (Å²) < 4.78 is 12.1. The SMILES string of the molecule is C[C@H]1OC2(O[C@@H]1C)C(CNC(N)=O)=[P+]([O-])c1ccc2cc1. The zero-order chi connectivity index (χ0) is 15.2. The number of hydrogen-bond acceptors (Lipinski definition) is 4. The van der Waals surface area contributed by atoms with E-state index in [1.165, 1.54) is 0 Å². The average molecular weight is 308 g/mol. The molecule has 1 saturated heterocycles. The van der Waals surface area contributed by atoms with E-state index in [1.807, 2.05) is 26.0 Å². The van der Waals surface area contributed by atoms with Gasteiger partial charge >= 0.3 is 6.03 Å². The maximum Gasteiger partial charge on any atom is 0.312 e. The molecule has 0 radical (unpaired) electrons. The van der Waals surface area contributed by atoms with Gasteiger partial charge in [-0.3, -0.25) is 0 Å². The number of carbonyl (C=O) groups is 1. The molecule has 3 aliphatic heterocycles. The number of rotatable bonds is 2. The fourth-order valence-corrected chi connectivity index (χ4v) is 4.10. The molecule has 1 aromatic rings. The van der Waals surface area contributed by atoms with Crippen LogP contribution < -0.4 is 21.2 Å². The Morgan fingerprint density at radius 1 is 1.33 bits per heavy atom. The van der Waals surface area contributed by atoms with Crippen molar-refractivity contribution in [1.29, 1.82) is 0 Å². The number of nitrogens with two attached hydrogens (primary N) is 1. The highest BCUT2D eigenvalue weighted by Gasteiger charge is 2.54. The lowest BCUT2D eigenvalue weighted by atomic mass is 10.0. The van der Waals surface area contributed by atoms with Crippen molar-refractivity contribution in [2.75, 3.05) is 6.54 Å². The van der Waals surface area contributed by atoms with Crippen LogP contribution in [0.1, 0.15) is 19.4 Å². The van der Waals surface area contributed by atoms with Gasteiger partial charge in [-0.2, -0.15) is 0 Å². The van der Waals surface area contributed by atoms with Crippen molar-refractivity contribution in [2.45, 2.75) is 31.8 Å². The van der Waals surface area contributed by atoms with E-state index in [1.54, 1.807) is 12.1 Å². The lowest BCUT2D eigenvalue weighted by Crippen LogP contribution is -2.45. The van der Waals surface area contributed by atoms with Crippen molar-refractivity contribution in [1.82, 2.24) is 5.32 Å². The second kappa shape index (κ2) is 5.07. The Balaban J connectivity index is 2.10. The smallest absolute Gasteiger partial charge is 0.312 e. The van der Waals surface area contributed by atoms with E-state index in [-0.39, 0.29) is 18.8 Å². The minimum absolute atomic E-state index is 0.0559. The number of ether oxygens (including phenoxy) is 2. The predicted molar refractivity (Wildman–Crippen MR) is 78.4 cm³/mol. The summed E-state index contributed by atoms with van der Waals surface area (Å²) in [7, 11) is -1.86. The second-order valence-electron chi connectivity index (χ2n) is 5.27. The number of hydrogen-bond donors (Lipinski definition) is 2. The summed E-state index contributed by atoms with van der Waals surface area (Å²) in [5.41, 5.74) is 5.92. The molecule has 2 bridgehead atoms. The Labute approximate surface area is 123 Å². The number of fused-ring (bicyclic) bond motifs is 2. The number of primary amides is 1. The van der Waals surface area contributed by atoms with E-state index in [2.05, 4.69) is 5.32 Å². The first-order chi connectivity index (χ1) is 9.94. The Kier molecular flexibility index (Phi) is 3.50. The fourth-order valence-electron chi connectivity index (χ4n) is 2.65. The van der Waals surface area contributed by atoms with Crippen molar-refractivity contribution in [3.63, 3.8) is 0 Å². The first-order valence-electron chi connectivity index (χ1n) is 6.77. The van der Waals surface area contributed by atoms with Crippen LogP contribution >= 0.6 is 7.77 Å². The van der Waals surface area contributed by atoms with Gasteiger partial charge in [-0.25, -0.2) is 4.79 Å². The van der Waals surface area contributed by atoms with Crippen molar-refractivity contribution < 1.29 is 19.2 Å². The molecule has 21 heavy (non-hydrogen) atoms. The fraction of sp³-hybridized carbons (Fsp3) is 0.429. The lowest BCUT2D eigenvalue weighted by Gasteiger charge is -2.27. The summed E-state index contributed by atoms with van der Waals surface area (Å²) in [4.78, 5) is 23.8. The van der Waals surface area contributed by atoms with Crippen LogP contribution in [-0.2, 0) is 15.3 Å². The molecule has 1 fully saturated rings. The summed E-state index contributed by atoms with van der Waals surface area (Å²) in [6.45, 7) is 3.87. The van der Waals surface area contributed by atoms with Crippen molar-refractivity contribution in [3.05, 3.63) is 29.8 Å². The van der Waals surface area contributed by atoms with Crippen LogP contribution in [0.2, 0.25) is 0 Å². The highest BCUT2D eigenvalue weighted by Crippen LogP contribution is 2.43. The zero-order valence-corrected chi connectivity index (χ0v) is 12.7. The summed E-state index contributed by atoms with van der Waals surface area (Å²) in [6, 6.07) is 6.63. The Hall–Kier alpha value is -1.46. The van der Waals surface area contributed by atoms with Crippen molar-refractivity contribution >= 4 is 24.4 Å². The van der Waals surface area contributed by atoms with E-state index in [0.29, 0.717) is 10.6 Å². The van der Waals surface area contributed by atoms with Gasteiger partial charge in [0, 0.05) is 5.56 Å². The number of carbonyl (C=O) groups excluding carboxylic acids is 1. The van der Waals surface area contributed by atoms with E-state index in [0.717, 1.165) is 5.56 Å². The van der Waals surface area contributed by atoms with Gasteiger partial charge in [0.2, 0.25) is 0 Å². The molecule has 2 amide bonds. The summed E-state index contributed by atoms with van der Waals surface area (Å²) in [5, 5.41) is 3.68. The largest absolute Gasteiger partial charge is 0.626 e. The standard InChI is InChI=1S/C14H17N2O4P/c1-8-9(2)20-14(19-8)10-3-5-11(6-4-10)21(18)12(14)7-16-13(15)17/h3-6,8-9H,7H2,1-2H3,(H3,15,16,17)/t8-,9-/m1/s1. The molecule has 7 heteroatoms. The van der Waals surface area contributed by atoms with Crippen molar-refractivity contribution in [3.8, 4) is 0 Å². The topological polar surface area (TPSA) is 96.6 Å². The van der Waals surface area contributed by atoms with Crippen LogP contribution in [0.3, 0.4) is 0 Å². The van der Waals surface area contributed by atoms with Gasteiger partial charge in [-0.15, -0.1) is 0 Å². The van der Waals surface area contributed by atoms with Gasteiger partial charge in [0.25, 0.3) is 5.79 Å². The van der Waals surface area contributed by atoms with Crippen LogP contribution in [0.4, 0.5) is 4.79 Å². The van der Waals surface area contributed by atoms with Gasteiger partial charge in [0.05, 0.1) is 26.5 Å². The lowest BCUT2D eigenvalue weighted by molar-refractivity contribution is -0.153. The summed E-state index contributed by atoms with van der Waals surface area (Å²) in [5.74, 6) is -1.18. The molecule has 3 aliphatic rings. The van der Waals surface area contributed by atoms with Gasteiger partial charge in [0.15, 0.2) is 5.29 Å². The third-order valence-corrected chi connectivity index (χ3v) is 5.61. The molecule has 3 N–H and O–H groups in total. The molecule has 0 aromatic heterocycles. The van der Waals surface area contributed by atoms with Gasteiger partial charge in [0.1, 0.15) is 5.30 Å². The molecule has 6 nitrogen and oxygen atoms in total. The minimum Gasteiger partial charge on any atom is -0.626 e. The van der Waals surface area contributed by atoms with Gasteiger partial charge in [-0.05, 0) is 38.1 Å². The number of urea groups is 1. The average Bonchev–Trinajstić information content (AvgIpc) is 2.65. The second-order valence-corrected chi connectivity index (χ2v) is 6.91. The molecule has 1 unspecified atom stereocenters. The van der Waals surface area contributed by atoms with E-state index < -0.39 is 19.6 Å². The van der Waals surface area contributed by atoms with E-state index >= 15 is 0 Å². The maximum absolute atomic E-state index is 12.8. The third kappa shape index (κ3) is 2.24. The molecule has 3 heterocycles. The van der Waals surface area contributed by atoms with E-state index in [4.69, 9.17) is 15.2 Å². The third-order valence-electron chi connectivity index (χ3n) is 3.90. The molecule has 3 atom stereocenters. The summed E-state index contributed by atoms with van der Waals surface area (Å²) >= 11 is 0. The molecule has 1 spiro atoms. The van der Waals surface area contributed by atoms with Crippen LogP contribution in [0, 0.1) is 0 Å². The Bertz CT molecular complexity index is 604. The molecule has 112 valence electrons. The van der Waals surface area contributed by atoms with Crippen LogP contribution in [0.15, 0.2) is 24.3 Å². The maximum atomic E-state index is 12.8. The number of benzene rings is 1. The van der Waals surface area contributed by atoms with Gasteiger partial charge < -0.3 is 25.4 Å². The summed E-state index contributed by atoms with van der Waals surface area (Å²) in [6.07, 6.45) is -0.290. The molecule has 4 rings (SSSR count). The van der Waals surface area contributed by atoms with Crippen molar-refractivity contribution in [2.24, 2.45) is 5.73 Å². The van der Waals surface area contributed by atoms with Crippen LogP contribution in [0.5, 0.6) is 0 Å². The highest BCUT2D eigenvalue weighted by molar-refractivity contribution is 7.60. The quantitative estimate of drug-likeness (QED) is 0.746.